The number of rotatable bonds is 20. The average Bonchev–Trinajstić information content (AvgIpc) is 3.33. The van der Waals surface area contributed by atoms with Gasteiger partial charge in [-0.05, 0) is 12.8 Å². The van der Waals surface area contributed by atoms with E-state index in [4.69, 9.17) is 24.7 Å². The quantitative estimate of drug-likeness (QED) is 0.157. The number of carbonyl (C=O) groups is 3. The number of amides is 4. The predicted octanol–water partition coefficient (Wildman–Crippen LogP) is 0.112. The third-order valence-electron chi connectivity index (χ3n) is 5.68. The Morgan fingerprint density at radius 2 is 1.62 bits per heavy atom. The fraction of sp³-hybridized carbons (Fsp3) is 0.864. The number of primary amides is 1. The number of carbonyl (C=O) groups excluding carboxylic acids is 3. The topological polar surface area (TPSA) is 141 Å². The Morgan fingerprint density at radius 1 is 1.00 bits per heavy atom. The number of fused-ring (bicyclic) bond motifs is 1. The summed E-state index contributed by atoms with van der Waals surface area (Å²) in [6, 6.07) is 0.570. The van der Waals surface area contributed by atoms with E-state index in [1.165, 1.54) is 0 Å². The van der Waals surface area contributed by atoms with Gasteiger partial charge in [0.2, 0.25) is 11.8 Å². The fourth-order valence-electron chi connectivity index (χ4n) is 3.90. The van der Waals surface area contributed by atoms with Gasteiger partial charge in [-0.15, -0.1) is 0 Å². The summed E-state index contributed by atoms with van der Waals surface area (Å²) < 4.78 is 21.4. The van der Waals surface area contributed by atoms with Crippen molar-refractivity contribution in [3.05, 3.63) is 0 Å². The van der Waals surface area contributed by atoms with Crippen molar-refractivity contribution in [2.45, 2.75) is 49.4 Å². The number of likely N-dealkylation sites (N-methyl/N-ethyl adjacent to an activating group) is 1. The summed E-state index contributed by atoms with van der Waals surface area (Å²) in [4.78, 5) is 36.1. The van der Waals surface area contributed by atoms with Crippen LogP contribution in [0.15, 0.2) is 0 Å². The Kier molecular flexibility index (Phi) is 14.3. The van der Waals surface area contributed by atoms with E-state index in [0.29, 0.717) is 71.1 Å². The highest BCUT2D eigenvalue weighted by atomic mass is 32.2. The molecule has 0 aliphatic carbocycles. The van der Waals surface area contributed by atoms with E-state index in [-0.39, 0.29) is 36.3 Å². The molecule has 0 aromatic heterocycles. The van der Waals surface area contributed by atoms with E-state index >= 15 is 0 Å². The molecular formula is C22H40N4O7S. The molecule has 2 saturated heterocycles. The molecule has 0 bridgehead atoms. The minimum absolute atomic E-state index is 0.0273. The Balaban J connectivity index is 1.30. The molecule has 0 spiro atoms. The van der Waals surface area contributed by atoms with Gasteiger partial charge in [-0.2, -0.15) is 11.8 Å². The molecule has 0 unspecified atom stereocenters. The Labute approximate surface area is 206 Å². The number of unbranched alkanes of at least 4 members (excludes halogenated alkanes) is 1. The van der Waals surface area contributed by atoms with Crippen molar-refractivity contribution in [3.63, 3.8) is 0 Å². The van der Waals surface area contributed by atoms with Gasteiger partial charge in [0.05, 0.1) is 64.9 Å². The first-order valence-electron chi connectivity index (χ1n) is 12.0. The smallest absolute Gasteiger partial charge is 0.317 e. The van der Waals surface area contributed by atoms with Crippen molar-refractivity contribution in [1.82, 2.24) is 15.5 Å². The molecule has 2 aliphatic heterocycles. The molecule has 4 amide bonds. The van der Waals surface area contributed by atoms with Gasteiger partial charge in [0, 0.05) is 37.4 Å². The number of hydrogen-bond donors (Lipinski definition) is 3. The molecule has 11 nitrogen and oxygen atoms in total. The Bertz CT molecular complexity index is 628. The molecule has 2 rings (SSSR count). The highest BCUT2D eigenvalue weighted by Gasteiger charge is 2.46. The molecule has 12 heteroatoms. The fourth-order valence-corrected chi connectivity index (χ4v) is 5.53. The third kappa shape index (κ3) is 11.2. The normalized spacial score (nSPS) is 21.5. The number of nitrogens with two attached hydrogens (primary N) is 1. The van der Waals surface area contributed by atoms with Crippen molar-refractivity contribution in [2.75, 3.05) is 72.2 Å². The van der Waals surface area contributed by atoms with E-state index in [9.17, 15) is 14.4 Å². The van der Waals surface area contributed by atoms with Crippen molar-refractivity contribution in [2.24, 2.45) is 5.73 Å². The van der Waals surface area contributed by atoms with Crippen LogP contribution in [0.5, 0.6) is 0 Å². The van der Waals surface area contributed by atoms with Crippen molar-refractivity contribution >= 4 is 29.6 Å². The standard InChI is InChI=1S/C22H40N4O7S/c1-26-21-17(25-22(26)29)16-34-18(21)4-2-3-5-20(28)24-7-9-31-11-13-33-15-14-32-12-10-30-8-6-19(23)27/h17-18,21H,2-16H2,1H3,(H2,23,27)(H,24,28)(H,25,29)/t17-,18-,21-/m0/s1. The van der Waals surface area contributed by atoms with Gasteiger partial charge in [0.25, 0.3) is 0 Å². The third-order valence-corrected chi connectivity index (χ3v) is 7.17. The summed E-state index contributed by atoms with van der Waals surface area (Å²) in [5.74, 6) is 0.640. The first-order chi connectivity index (χ1) is 16.5. The zero-order valence-electron chi connectivity index (χ0n) is 20.1. The number of thioether (sulfide) groups is 1. The van der Waals surface area contributed by atoms with Gasteiger partial charge >= 0.3 is 6.03 Å². The molecule has 2 aliphatic rings. The maximum Gasteiger partial charge on any atom is 0.317 e. The van der Waals surface area contributed by atoms with Gasteiger partial charge in [0.1, 0.15) is 0 Å². The van der Waals surface area contributed by atoms with Crippen LogP contribution < -0.4 is 16.4 Å². The number of nitrogens with zero attached hydrogens (tertiary/aromatic N) is 1. The molecule has 0 aromatic carbocycles. The summed E-state index contributed by atoms with van der Waals surface area (Å²) in [6.45, 7) is 3.94. The van der Waals surface area contributed by atoms with Gasteiger partial charge in [0.15, 0.2) is 0 Å². The van der Waals surface area contributed by atoms with Crippen LogP contribution in [0, 0.1) is 0 Å². The van der Waals surface area contributed by atoms with Gasteiger partial charge in [-0.25, -0.2) is 4.79 Å². The summed E-state index contributed by atoms with van der Waals surface area (Å²) in [7, 11) is 1.87. The molecule has 2 fully saturated rings. The number of urea groups is 1. The van der Waals surface area contributed by atoms with E-state index in [0.717, 1.165) is 25.0 Å². The second-order valence-electron chi connectivity index (χ2n) is 8.29. The van der Waals surface area contributed by atoms with Crippen LogP contribution in [0.3, 0.4) is 0 Å². The van der Waals surface area contributed by atoms with Gasteiger partial charge in [-0.3, -0.25) is 9.59 Å². The molecule has 3 atom stereocenters. The zero-order chi connectivity index (χ0) is 24.6. The zero-order valence-corrected chi connectivity index (χ0v) is 20.9. The molecule has 0 radical (unpaired) electrons. The van der Waals surface area contributed by atoms with Crippen LogP contribution in [0.2, 0.25) is 0 Å². The first-order valence-corrected chi connectivity index (χ1v) is 13.0. The maximum absolute atomic E-state index is 12.0. The van der Waals surface area contributed by atoms with Crippen LogP contribution in [0.4, 0.5) is 4.79 Å². The molecule has 0 saturated carbocycles. The maximum atomic E-state index is 12.0. The van der Waals surface area contributed by atoms with Crippen molar-refractivity contribution in [3.8, 4) is 0 Å². The molecule has 4 N–H and O–H groups in total. The number of ether oxygens (including phenoxy) is 4. The molecular weight excluding hydrogens is 464 g/mol. The van der Waals surface area contributed by atoms with Crippen molar-refractivity contribution < 1.29 is 33.3 Å². The first kappa shape index (κ1) is 28.6. The minimum atomic E-state index is -0.377. The molecule has 34 heavy (non-hydrogen) atoms. The lowest BCUT2D eigenvalue weighted by atomic mass is 10.0. The van der Waals surface area contributed by atoms with Crippen LogP contribution in [-0.2, 0) is 28.5 Å². The van der Waals surface area contributed by atoms with Gasteiger partial charge < -0.3 is 40.2 Å². The SMILES string of the molecule is CN1C(=O)N[C@H]2CS[C@@H](CCCCC(=O)NCCOCCOCCOCCOCCC(N)=O)[C@H]21. The second kappa shape index (κ2) is 16.9. The number of nitrogens with one attached hydrogen (secondary N) is 2. The molecule has 0 aromatic rings. The molecule has 2 heterocycles. The van der Waals surface area contributed by atoms with Gasteiger partial charge in [-0.1, -0.05) is 6.42 Å². The monoisotopic (exact) mass is 504 g/mol. The van der Waals surface area contributed by atoms with E-state index in [2.05, 4.69) is 10.6 Å². The lowest BCUT2D eigenvalue weighted by Crippen LogP contribution is -2.38. The van der Waals surface area contributed by atoms with Crippen LogP contribution in [0.1, 0.15) is 32.1 Å². The molecule has 196 valence electrons. The summed E-state index contributed by atoms with van der Waals surface area (Å²) in [6.07, 6.45) is 3.58. The second-order valence-corrected chi connectivity index (χ2v) is 9.56. The minimum Gasteiger partial charge on any atom is -0.379 e. The highest BCUT2D eigenvalue weighted by Crippen LogP contribution is 2.36. The summed E-state index contributed by atoms with van der Waals surface area (Å²) >= 11 is 1.92. The highest BCUT2D eigenvalue weighted by molar-refractivity contribution is 8.00. The van der Waals surface area contributed by atoms with Crippen LogP contribution >= 0.6 is 11.8 Å². The van der Waals surface area contributed by atoms with Crippen LogP contribution in [0.25, 0.3) is 0 Å². The lowest BCUT2D eigenvalue weighted by Gasteiger charge is -2.23. The largest absolute Gasteiger partial charge is 0.379 e. The Hall–Kier alpha value is -1.60. The van der Waals surface area contributed by atoms with Crippen molar-refractivity contribution in [1.29, 1.82) is 0 Å². The van der Waals surface area contributed by atoms with Crippen LogP contribution in [-0.4, -0.2) is 112 Å². The summed E-state index contributed by atoms with van der Waals surface area (Å²) in [5, 5.41) is 6.36. The lowest BCUT2D eigenvalue weighted by molar-refractivity contribution is -0.121. The van der Waals surface area contributed by atoms with E-state index < -0.39 is 0 Å². The van der Waals surface area contributed by atoms with E-state index in [1.807, 2.05) is 23.7 Å². The Morgan fingerprint density at radius 3 is 2.26 bits per heavy atom. The predicted molar refractivity (Wildman–Crippen MR) is 129 cm³/mol. The average molecular weight is 505 g/mol. The number of hydrogen-bond acceptors (Lipinski definition) is 8. The summed E-state index contributed by atoms with van der Waals surface area (Å²) in [5.41, 5.74) is 5.01. The van der Waals surface area contributed by atoms with E-state index in [1.54, 1.807) is 0 Å².